The molecule has 0 fully saturated rings. The van der Waals surface area contributed by atoms with Gasteiger partial charge < -0.3 is 10.5 Å². The van der Waals surface area contributed by atoms with E-state index in [0.717, 1.165) is 35.1 Å². The van der Waals surface area contributed by atoms with Crippen LogP contribution in [0.1, 0.15) is 17.5 Å². The Kier molecular flexibility index (Phi) is 3.45. The molecule has 0 aromatic heterocycles. The van der Waals surface area contributed by atoms with Crippen LogP contribution in [-0.4, -0.2) is 12.6 Å². The summed E-state index contributed by atoms with van der Waals surface area (Å²) in [5, 5.41) is 0. The average molecular weight is 271 g/mol. The predicted octanol–water partition coefficient (Wildman–Crippen LogP) is 3.45. The maximum absolute atomic E-state index is 14.2. The first kappa shape index (κ1) is 13.1. The topological polar surface area (TPSA) is 35.2 Å². The highest BCUT2D eigenvalue weighted by molar-refractivity contribution is 5.69. The van der Waals surface area contributed by atoms with Crippen LogP contribution in [0.3, 0.4) is 0 Å². The molecule has 2 aromatic rings. The van der Waals surface area contributed by atoms with Crippen LogP contribution < -0.4 is 10.5 Å². The van der Waals surface area contributed by atoms with E-state index < -0.39 is 0 Å². The smallest absolute Gasteiger partial charge is 0.165 e. The Labute approximate surface area is 118 Å². The van der Waals surface area contributed by atoms with Gasteiger partial charge in [-0.1, -0.05) is 24.3 Å². The highest BCUT2D eigenvalue weighted by atomic mass is 19.1. The van der Waals surface area contributed by atoms with Crippen molar-refractivity contribution < 1.29 is 9.13 Å². The highest BCUT2D eigenvalue weighted by Gasteiger charge is 2.26. The molecule has 20 heavy (non-hydrogen) atoms. The van der Waals surface area contributed by atoms with Crippen molar-refractivity contribution in [2.24, 2.45) is 5.73 Å². The Morgan fingerprint density at radius 3 is 2.85 bits per heavy atom. The van der Waals surface area contributed by atoms with Crippen LogP contribution in [0.4, 0.5) is 4.39 Å². The number of ether oxygens (including phenoxy) is 1. The van der Waals surface area contributed by atoms with Crippen LogP contribution in [0.15, 0.2) is 36.4 Å². The van der Waals surface area contributed by atoms with Crippen LogP contribution >= 0.6 is 0 Å². The summed E-state index contributed by atoms with van der Waals surface area (Å²) in [4.78, 5) is 0. The molecule has 0 saturated carbocycles. The Morgan fingerprint density at radius 1 is 1.30 bits per heavy atom. The van der Waals surface area contributed by atoms with E-state index in [9.17, 15) is 4.39 Å². The second-order valence-electron chi connectivity index (χ2n) is 5.28. The van der Waals surface area contributed by atoms with Crippen LogP contribution in [-0.2, 0) is 6.42 Å². The maximum Gasteiger partial charge on any atom is 0.165 e. The van der Waals surface area contributed by atoms with Gasteiger partial charge in [0.05, 0.1) is 0 Å². The van der Waals surface area contributed by atoms with Gasteiger partial charge in [0.15, 0.2) is 11.6 Å². The summed E-state index contributed by atoms with van der Waals surface area (Å²) in [5.41, 5.74) is 9.62. The van der Waals surface area contributed by atoms with E-state index in [-0.39, 0.29) is 11.9 Å². The van der Waals surface area contributed by atoms with Crippen molar-refractivity contribution in [2.45, 2.75) is 25.9 Å². The van der Waals surface area contributed by atoms with Gasteiger partial charge in [-0.25, -0.2) is 4.39 Å². The summed E-state index contributed by atoms with van der Waals surface area (Å²) >= 11 is 0. The van der Waals surface area contributed by atoms with Crippen LogP contribution in [0, 0.1) is 12.7 Å². The van der Waals surface area contributed by atoms with Gasteiger partial charge in [-0.3, -0.25) is 0 Å². The largest absolute Gasteiger partial charge is 0.487 e. The van der Waals surface area contributed by atoms with Crippen molar-refractivity contribution in [3.05, 3.63) is 53.3 Å². The molecule has 2 nitrogen and oxygen atoms in total. The summed E-state index contributed by atoms with van der Waals surface area (Å²) in [6.45, 7) is 2.60. The fourth-order valence-corrected chi connectivity index (χ4v) is 2.79. The van der Waals surface area contributed by atoms with E-state index in [1.807, 2.05) is 37.3 Å². The molecule has 0 bridgehead atoms. The molecule has 0 saturated heterocycles. The zero-order chi connectivity index (χ0) is 14.1. The minimum absolute atomic E-state index is 0.0108. The van der Waals surface area contributed by atoms with E-state index in [1.54, 1.807) is 6.07 Å². The molecule has 1 heterocycles. The van der Waals surface area contributed by atoms with Crippen LogP contribution in [0.25, 0.3) is 11.1 Å². The molecule has 1 atom stereocenters. The number of halogens is 1. The van der Waals surface area contributed by atoms with Crippen LogP contribution in [0.2, 0.25) is 0 Å². The lowest BCUT2D eigenvalue weighted by atomic mass is 9.97. The molecule has 0 radical (unpaired) electrons. The zero-order valence-electron chi connectivity index (χ0n) is 11.5. The zero-order valence-corrected chi connectivity index (χ0v) is 11.5. The molecule has 1 aliphatic heterocycles. The van der Waals surface area contributed by atoms with Crippen molar-refractivity contribution >= 4 is 0 Å². The fourth-order valence-electron chi connectivity index (χ4n) is 2.79. The first-order valence-corrected chi connectivity index (χ1v) is 6.94. The quantitative estimate of drug-likeness (QED) is 0.928. The first-order valence-electron chi connectivity index (χ1n) is 6.94. The monoisotopic (exact) mass is 271 g/mol. The van der Waals surface area contributed by atoms with Gasteiger partial charge in [0.1, 0.15) is 6.10 Å². The van der Waals surface area contributed by atoms with Gasteiger partial charge in [0, 0.05) is 12.0 Å². The molecule has 1 unspecified atom stereocenters. The minimum Gasteiger partial charge on any atom is -0.487 e. The van der Waals surface area contributed by atoms with Gasteiger partial charge in [-0.2, -0.15) is 0 Å². The van der Waals surface area contributed by atoms with E-state index in [2.05, 4.69) is 0 Å². The Hall–Kier alpha value is -1.87. The highest BCUT2D eigenvalue weighted by Crippen LogP contribution is 2.37. The normalized spacial score (nSPS) is 16.9. The van der Waals surface area contributed by atoms with Crippen molar-refractivity contribution in [1.29, 1.82) is 0 Å². The number of fused-ring (bicyclic) bond motifs is 1. The van der Waals surface area contributed by atoms with Gasteiger partial charge in [0.2, 0.25) is 0 Å². The summed E-state index contributed by atoms with van der Waals surface area (Å²) < 4.78 is 19.9. The number of hydrogen-bond donors (Lipinski definition) is 1. The molecular weight excluding hydrogens is 253 g/mol. The van der Waals surface area contributed by atoms with Crippen molar-refractivity contribution in [1.82, 2.24) is 0 Å². The maximum atomic E-state index is 14.2. The van der Waals surface area contributed by atoms with Crippen LogP contribution in [0.5, 0.6) is 5.75 Å². The van der Waals surface area contributed by atoms with Gasteiger partial charge in [-0.15, -0.1) is 0 Å². The van der Waals surface area contributed by atoms with Gasteiger partial charge in [-0.05, 0) is 48.7 Å². The summed E-state index contributed by atoms with van der Waals surface area (Å²) in [6.07, 6.45) is 1.51. The fraction of sp³-hybridized carbons (Fsp3) is 0.294. The number of rotatable bonds is 3. The lowest BCUT2D eigenvalue weighted by Gasteiger charge is -2.09. The van der Waals surface area contributed by atoms with Crippen molar-refractivity contribution in [2.75, 3.05) is 6.54 Å². The van der Waals surface area contributed by atoms with Gasteiger partial charge >= 0.3 is 0 Å². The number of nitrogens with two attached hydrogens (primary N) is 1. The molecule has 0 spiro atoms. The second-order valence-corrected chi connectivity index (χ2v) is 5.28. The van der Waals surface area contributed by atoms with Crippen molar-refractivity contribution in [3.8, 4) is 16.9 Å². The molecule has 104 valence electrons. The molecular formula is C17H18FNO. The predicted molar refractivity (Wildman–Crippen MR) is 78.4 cm³/mol. The minimum atomic E-state index is -0.278. The van der Waals surface area contributed by atoms with Crippen molar-refractivity contribution in [3.63, 3.8) is 0 Å². The second kappa shape index (κ2) is 5.25. The number of benzene rings is 2. The average Bonchev–Trinajstić information content (AvgIpc) is 2.83. The standard InChI is InChI=1S/C17H18FNO/c1-11-4-2-3-5-15(11)12-8-13-9-14(6-7-19)20-17(13)16(18)10-12/h2-5,8,10,14H,6-7,9,19H2,1H3. The molecule has 0 aliphatic carbocycles. The van der Waals surface area contributed by atoms with E-state index >= 15 is 0 Å². The van der Waals surface area contributed by atoms with E-state index in [0.29, 0.717) is 12.3 Å². The molecule has 2 N–H and O–H groups in total. The SMILES string of the molecule is Cc1ccccc1-c1cc(F)c2c(c1)CC(CCN)O2. The molecule has 3 heteroatoms. The molecule has 0 amide bonds. The van der Waals surface area contributed by atoms with Gasteiger partial charge in [0.25, 0.3) is 0 Å². The van der Waals surface area contributed by atoms with E-state index in [4.69, 9.17) is 10.5 Å². The Morgan fingerprint density at radius 2 is 2.10 bits per heavy atom. The summed E-state index contributed by atoms with van der Waals surface area (Å²) in [7, 11) is 0. The third kappa shape index (κ3) is 2.29. The summed E-state index contributed by atoms with van der Waals surface area (Å²) in [6, 6.07) is 11.6. The molecule has 1 aliphatic rings. The Bertz CT molecular complexity index is 639. The first-order chi connectivity index (χ1) is 9.69. The molecule has 3 rings (SSSR count). The summed E-state index contributed by atoms with van der Waals surface area (Å²) in [5.74, 6) is 0.126. The third-order valence-corrected chi connectivity index (χ3v) is 3.80. The molecule has 2 aromatic carbocycles. The number of hydrogen-bond acceptors (Lipinski definition) is 2. The Balaban J connectivity index is 2.00. The third-order valence-electron chi connectivity index (χ3n) is 3.80. The number of aryl methyl sites for hydroxylation is 1. The lowest BCUT2D eigenvalue weighted by Crippen LogP contribution is -2.17. The lowest BCUT2D eigenvalue weighted by molar-refractivity contribution is 0.216. The van der Waals surface area contributed by atoms with E-state index in [1.165, 1.54) is 0 Å².